The van der Waals surface area contributed by atoms with E-state index in [2.05, 4.69) is 21.7 Å². The average molecular weight is 350 g/mol. The van der Waals surface area contributed by atoms with Crippen molar-refractivity contribution in [2.75, 3.05) is 46.8 Å². The highest BCUT2D eigenvalue weighted by Gasteiger charge is 2.27. The number of piperidine rings is 2. The maximum absolute atomic E-state index is 12.6. The third-order valence-electron chi connectivity index (χ3n) is 6.99. The zero-order valence-corrected chi connectivity index (χ0v) is 16.6. The lowest BCUT2D eigenvalue weighted by Crippen LogP contribution is -2.44. The summed E-state index contributed by atoms with van der Waals surface area (Å²) >= 11 is 0. The number of carbonyl (C=O) groups excluding carboxylic acids is 1. The monoisotopic (exact) mass is 349 g/mol. The lowest BCUT2D eigenvalue weighted by atomic mass is 9.92. The van der Waals surface area contributed by atoms with E-state index >= 15 is 0 Å². The summed E-state index contributed by atoms with van der Waals surface area (Å²) in [5, 5.41) is 0. The van der Waals surface area contributed by atoms with E-state index in [1.165, 1.54) is 58.2 Å². The Hall–Kier alpha value is -0.610. The van der Waals surface area contributed by atoms with Crippen molar-refractivity contribution in [3.63, 3.8) is 0 Å². The van der Waals surface area contributed by atoms with E-state index in [0.717, 1.165) is 50.6 Å². The SMILES string of the molecule is CN1CCC(N(C)C(=O)CCC2CCCN(CC3CCCC3)C2)CC1. The van der Waals surface area contributed by atoms with Crippen LogP contribution in [0.2, 0.25) is 0 Å². The van der Waals surface area contributed by atoms with Gasteiger partial charge in [-0.25, -0.2) is 0 Å². The molecule has 1 aliphatic carbocycles. The van der Waals surface area contributed by atoms with Crippen LogP contribution in [0.5, 0.6) is 0 Å². The first kappa shape index (κ1) is 19.2. The van der Waals surface area contributed by atoms with Gasteiger partial charge in [-0.2, -0.15) is 0 Å². The Kier molecular flexibility index (Phi) is 7.18. The van der Waals surface area contributed by atoms with Crippen molar-refractivity contribution in [1.29, 1.82) is 0 Å². The molecule has 2 aliphatic heterocycles. The molecule has 0 aromatic rings. The number of likely N-dealkylation sites (tertiary alicyclic amines) is 2. The van der Waals surface area contributed by atoms with E-state index in [4.69, 9.17) is 0 Å². The van der Waals surface area contributed by atoms with Crippen molar-refractivity contribution in [2.45, 2.75) is 70.3 Å². The normalized spacial score (nSPS) is 27.7. The van der Waals surface area contributed by atoms with Gasteiger partial charge in [0.05, 0.1) is 0 Å². The van der Waals surface area contributed by atoms with Gasteiger partial charge in [0, 0.05) is 32.6 Å². The van der Waals surface area contributed by atoms with Gasteiger partial charge in [0.1, 0.15) is 0 Å². The molecule has 2 saturated heterocycles. The van der Waals surface area contributed by atoms with Crippen molar-refractivity contribution in [3.8, 4) is 0 Å². The number of carbonyl (C=O) groups is 1. The number of hydrogen-bond acceptors (Lipinski definition) is 3. The van der Waals surface area contributed by atoms with Gasteiger partial charge in [-0.1, -0.05) is 12.8 Å². The van der Waals surface area contributed by atoms with Gasteiger partial charge in [0.25, 0.3) is 0 Å². The zero-order valence-electron chi connectivity index (χ0n) is 16.6. The molecule has 1 atom stereocenters. The van der Waals surface area contributed by atoms with E-state index in [1.54, 1.807) is 0 Å². The second-order valence-corrected chi connectivity index (χ2v) is 9.00. The molecule has 0 aromatic carbocycles. The van der Waals surface area contributed by atoms with Gasteiger partial charge < -0.3 is 14.7 Å². The predicted molar refractivity (Wildman–Crippen MR) is 104 cm³/mol. The van der Waals surface area contributed by atoms with Crippen molar-refractivity contribution in [1.82, 2.24) is 14.7 Å². The summed E-state index contributed by atoms with van der Waals surface area (Å²) in [6.07, 6.45) is 12.6. The van der Waals surface area contributed by atoms with Crippen LogP contribution in [0.3, 0.4) is 0 Å². The van der Waals surface area contributed by atoms with Crippen LogP contribution < -0.4 is 0 Å². The predicted octanol–water partition coefficient (Wildman–Crippen LogP) is 3.22. The maximum Gasteiger partial charge on any atom is 0.222 e. The number of rotatable bonds is 6. The Labute approximate surface area is 154 Å². The summed E-state index contributed by atoms with van der Waals surface area (Å²) in [4.78, 5) is 19.8. The number of hydrogen-bond donors (Lipinski definition) is 0. The van der Waals surface area contributed by atoms with E-state index in [0.29, 0.717) is 11.9 Å². The van der Waals surface area contributed by atoms with Crippen LogP contribution >= 0.6 is 0 Å². The molecule has 25 heavy (non-hydrogen) atoms. The van der Waals surface area contributed by atoms with Gasteiger partial charge in [0.2, 0.25) is 5.91 Å². The third-order valence-corrected chi connectivity index (χ3v) is 6.99. The highest BCUT2D eigenvalue weighted by Crippen LogP contribution is 2.28. The Morgan fingerprint density at radius 3 is 2.36 bits per heavy atom. The molecule has 0 spiro atoms. The minimum Gasteiger partial charge on any atom is -0.343 e. The third kappa shape index (κ3) is 5.68. The Balaban J connectivity index is 1.37. The Bertz CT molecular complexity index is 413. The first-order valence-electron chi connectivity index (χ1n) is 10.8. The lowest BCUT2D eigenvalue weighted by Gasteiger charge is -2.36. The smallest absolute Gasteiger partial charge is 0.222 e. The van der Waals surface area contributed by atoms with Crippen LogP contribution in [-0.4, -0.2) is 73.5 Å². The molecular formula is C21H39N3O. The Morgan fingerprint density at radius 2 is 1.64 bits per heavy atom. The number of nitrogens with zero attached hydrogens (tertiary/aromatic N) is 3. The molecule has 0 aromatic heterocycles. The lowest BCUT2D eigenvalue weighted by molar-refractivity contribution is -0.133. The standard InChI is InChI=1S/C21H39N3O/c1-22-14-11-20(12-15-22)23(2)21(25)10-9-19-8-5-13-24(17-19)16-18-6-3-4-7-18/h18-20H,3-17H2,1-2H3. The molecule has 3 rings (SSSR count). The fraction of sp³-hybridized carbons (Fsp3) is 0.952. The molecule has 0 N–H and O–H groups in total. The highest BCUT2D eigenvalue weighted by molar-refractivity contribution is 5.76. The van der Waals surface area contributed by atoms with E-state index in [1.807, 2.05) is 7.05 Å². The van der Waals surface area contributed by atoms with Crippen LogP contribution in [0, 0.1) is 11.8 Å². The zero-order chi connectivity index (χ0) is 17.6. The first-order valence-corrected chi connectivity index (χ1v) is 10.8. The summed E-state index contributed by atoms with van der Waals surface area (Å²) in [5.74, 6) is 2.07. The second-order valence-electron chi connectivity index (χ2n) is 9.00. The topological polar surface area (TPSA) is 26.8 Å². The molecule has 1 unspecified atom stereocenters. The van der Waals surface area contributed by atoms with Gasteiger partial charge in [-0.3, -0.25) is 4.79 Å². The Morgan fingerprint density at radius 1 is 0.960 bits per heavy atom. The molecule has 1 amide bonds. The van der Waals surface area contributed by atoms with Crippen molar-refractivity contribution in [3.05, 3.63) is 0 Å². The molecule has 144 valence electrons. The van der Waals surface area contributed by atoms with Gasteiger partial charge in [0.15, 0.2) is 0 Å². The molecule has 4 heteroatoms. The molecule has 3 fully saturated rings. The molecule has 4 nitrogen and oxygen atoms in total. The maximum atomic E-state index is 12.6. The van der Waals surface area contributed by atoms with E-state index in [9.17, 15) is 4.79 Å². The first-order chi connectivity index (χ1) is 12.1. The van der Waals surface area contributed by atoms with Gasteiger partial charge in [-0.15, -0.1) is 0 Å². The minimum absolute atomic E-state index is 0.377. The minimum atomic E-state index is 0.377. The quantitative estimate of drug-likeness (QED) is 0.737. The fourth-order valence-corrected chi connectivity index (χ4v) is 5.20. The highest BCUT2D eigenvalue weighted by atomic mass is 16.2. The summed E-state index contributed by atoms with van der Waals surface area (Å²) in [5.41, 5.74) is 0. The summed E-state index contributed by atoms with van der Waals surface area (Å²) in [7, 11) is 4.21. The number of amides is 1. The second kappa shape index (κ2) is 9.36. The summed E-state index contributed by atoms with van der Waals surface area (Å²) < 4.78 is 0. The van der Waals surface area contributed by atoms with E-state index < -0.39 is 0 Å². The van der Waals surface area contributed by atoms with Crippen LogP contribution in [0.25, 0.3) is 0 Å². The van der Waals surface area contributed by atoms with Crippen molar-refractivity contribution < 1.29 is 4.79 Å². The van der Waals surface area contributed by atoms with Crippen LogP contribution in [-0.2, 0) is 4.79 Å². The molecule has 0 radical (unpaired) electrons. The van der Waals surface area contributed by atoms with Gasteiger partial charge in [-0.05, 0) is 83.5 Å². The summed E-state index contributed by atoms with van der Waals surface area (Å²) in [6.45, 7) is 6.10. The van der Waals surface area contributed by atoms with Crippen LogP contribution in [0.4, 0.5) is 0 Å². The summed E-state index contributed by atoms with van der Waals surface area (Å²) in [6, 6.07) is 0.467. The molecule has 3 aliphatic rings. The molecule has 1 saturated carbocycles. The van der Waals surface area contributed by atoms with Crippen molar-refractivity contribution >= 4 is 5.91 Å². The van der Waals surface area contributed by atoms with Crippen LogP contribution in [0.15, 0.2) is 0 Å². The molecule has 0 bridgehead atoms. The fourth-order valence-electron chi connectivity index (χ4n) is 5.20. The van der Waals surface area contributed by atoms with Crippen LogP contribution in [0.1, 0.15) is 64.2 Å². The molecule has 2 heterocycles. The average Bonchev–Trinajstić information content (AvgIpc) is 3.13. The van der Waals surface area contributed by atoms with Gasteiger partial charge >= 0.3 is 0 Å². The molecular weight excluding hydrogens is 310 g/mol. The largest absolute Gasteiger partial charge is 0.343 e. The van der Waals surface area contributed by atoms with E-state index in [-0.39, 0.29) is 0 Å². The van der Waals surface area contributed by atoms with Crippen molar-refractivity contribution in [2.24, 2.45) is 11.8 Å².